The zero-order valence-corrected chi connectivity index (χ0v) is 12.2. The van der Waals surface area contributed by atoms with Crippen LogP contribution in [0.3, 0.4) is 0 Å². The van der Waals surface area contributed by atoms with Gasteiger partial charge in [-0.3, -0.25) is 11.3 Å². The molecule has 2 aromatic rings. The topological polar surface area (TPSA) is 47.3 Å². The molecule has 3 N–H and O–H groups in total. The van der Waals surface area contributed by atoms with Crippen molar-refractivity contribution >= 4 is 22.7 Å². The van der Waals surface area contributed by atoms with E-state index in [0.717, 1.165) is 23.5 Å². The summed E-state index contributed by atoms with van der Waals surface area (Å²) in [5.41, 5.74) is 2.89. The van der Waals surface area contributed by atoms with E-state index in [1.54, 1.807) is 18.4 Å². The van der Waals surface area contributed by atoms with Crippen LogP contribution in [0.4, 0.5) is 0 Å². The lowest BCUT2D eigenvalue weighted by Crippen LogP contribution is -2.29. The first-order valence-corrected chi connectivity index (χ1v) is 7.63. The molecule has 5 heteroatoms. The van der Waals surface area contributed by atoms with Crippen LogP contribution in [-0.4, -0.2) is 7.11 Å². The molecule has 3 nitrogen and oxygen atoms in total. The first-order chi connectivity index (χ1) is 8.78. The molecule has 0 spiro atoms. The van der Waals surface area contributed by atoms with Crippen LogP contribution in [0, 0.1) is 0 Å². The van der Waals surface area contributed by atoms with E-state index in [0.29, 0.717) is 0 Å². The third-order valence-corrected chi connectivity index (χ3v) is 5.13. The first-order valence-electron chi connectivity index (χ1n) is 5.93. The Balaban J connectivity index is 2.14. The summed E-state index contributed by atoms with van der Waals surface area (Å²) in [5, 5.41) is 2.03. The van der Waals surface area contributed by atoms with Gasteiger partial charge in [0.25, 0.3) is 0 Å². The number of nitrogens with two attached hydrogens (primary N) is 1. The molecular weight excluding hydrogens is 264 g/mol. The van der Waals surface area contributed by atoms with Crippen molar-refractivity contribution in [2.75, 3.05) is 7.11 Å². The molecule has 98 valence electrons. The second-order valence-electron chi connectivity index (χ2n) is 4.00. The fourth-order valence-electron chi connectivity index (χ4n) is 1.88. The number of aryl methyl sites for hydroxylation is 1. The molecule has 2 heterocycles. The first kappa shape index (κ1) is 13.5. The molecule has 0 saturated heterocycles. The lowest BCUT2D eigenvalue weighted by molar-refractivity contribution is 0.403. The van der Waals surface area contributed by atoms with Gasteiger partial charge >= 0.3 is 0 Å². The van der Waals surface area contributed by atoms with Gasteiger partial charge < -0.3 is 4.74 Å². The maximum Gasteiger partial charge on any atom is 0.134 e. The van der Waals surface area contributed by atoms with E-state index < -0.39 is 0 Å². The van der Waals surface area contributed by atoms with Crippen LogP contribution in [0.1, 0.15) is 27.6 Å². The Morgan fingerprint density at radius 1 is 1.33 bits per heavy atom. The Morgan fingerprint density at radius 2 is 2.11 bits per heavy atom. The van der Waals surface area contributed by atoms with E-state index in [4.69, 9.17) is 10.6 Å². The molecule has 0 fully saturated rings. The predicted molar refractivity (Wildman–Crippen MR) is 78.3 cm³/mol. The Labute approximate surface area is 116 Å². The SMILES string of the molecule is CCc1ccc(CC(NN)c2sccc2OC)s1. The van der Waals surface area contributed by atoms with Gasteiger partial charge in [0.15, 0.2) is 0 Å². The highest BCUT2D eigenvalue weighted by atomic mass is 32.1. The quantitative estimate of drug-likeness (QED) is 0.632. The number of hydrogen-bond acceptors (Lipinski definition) is 5. The normalized spacial score (nSPS) is 12.6. The lowest BCUT2D eigenvalue weighted by atomic mass is 10.1. The second kappa shape index (κ2) is 6.33. The van der Waals surface area contributed by atoms with Crippen molar-refractivity contribution in [1.29, 1.82) is 0 Å². The van der Waals surface area contributed by atoms with E-state index in [9.17, 15) is 0 Å². The van der Waals surface area contributed by atoms with E-state index in [2.05, 4.69) is 24.5 Å². The number of hydrazine groups is 1. The van der Waals surface area contributed by atoms with Crippen LogP contribution in [0.2, 0.25) is 0 Å². The van der Waals surface area contributed by atoms with Crippen LogP contribution >= 0.6 is 22.7 Å². The average molecular weight is 282 g/mol. The van der Waals surface area contributed by atoms with Gasteiger partial charge in [0, 0.05) is 16.2 Å². The lowest BCUT2D eigenvalue weighted by Gasteiger charge is -2.14. The van der Waals surface area contributed by atoms with E-state index in [-0.39, 0.29) is 6.04 Å². The molecule has 0 aliphatic rings. The Hall–Kier alpha value is -0.880. The molecule has 0 aromatic carbocycles. The van der Waals surface area contributed by atoms with Crippen molar-refractivity contribution in [3.05, 3.63) is 38.2 Å². The summed E-state index contributed by atoms with van der Waals surface area (Å²) in [7, 11) is 1.69. The van der Waals surface area contributed by atoms with Gasteiger partial charge in [-0.05, 0) is 30.0 Å². The molecule has 0 aliphatic carbocycles. The van der Waals surface area contributed by atoms with Crippen molar-refractivity contribution in [3.63, 3.8) is 0 Å². The average Bonchev–Trinajstić information content (AvgIpc) is 3.04. The van der Waals surface area contributed by atoms with Gasteiger partial charge in [-0.15, -0.1) is 22.7 Å². The number of nitrogens with one attached hydrogen (secondary N) is 1. The molecular formula is C13H18N2OS2. The molecule has 2 aromatic heterocycles. The highest BCUT2D eigenvalue weighted by molar-refractivity contribution is 7.12. The third-order valence-electron chi connectivity index (χ3n) is 2.87. The number of rotatable bonds is 6. The summed E-state index contributed by atoms with van der Waals surface area (Å²) in [4.78, 5) is 3.93. The molecule has 0 radical (unpaired) electrons. The summed E-state index contributed by atoms with van der Waals surface area (Å²) in [5.74, 6) is 6.59. The van der Waals surface area contributed by atoms with Crippen LogP contribution in [-0.2, 0) is 12.8 Å². The second-order valence-corrected chi connectivity index (χ2v) is 6.20. The largest absolute Gasteiger partial charge is 0.496 e. The highest BCUT2D eigenvalue weighted by Gasteiger charge is 2.17. The fourth-order valence-corrected chi connectivity index (χ4v) is 3.81. The number of hydrogen-bond donors (Lipinski definition) is 2. The maximum absolute atomic E-state index is 5.68. The Kier molecular flexibility index (Phi) is 4.77. The third kappa shape index (κ3) is 2.92. The number of ether oxygens (including phenoxy) is 1. The van der Waals surface area contributed by atoms with Crippen molar-refractivity contribution in [2.24, 2.45) is 5.84 Å². The summed E-state index contributed by atoms with van der Waals surface area (Å²) in [6.45, 7) is 2.18. The summed E-state index contributed by atoms with van der Waals surface area (Å²) in [6.07, 6.45) is 1.99. The smallest absolute Gasteiger partial charge is 0.134 e. The van der Waals surface area contributed by atoms with E-state index >= 15 is 0 Å². The van der Waals surface area contributed by atoms with Gasteiger partial charge in [0.05, 0.1) is 18.0 Å². The van der Waals surface area contributed by atoms with Crippen LogP contribution in [0.5, 0.6) is 5.75 Å². The minimum atomic E-state index is 0.114. The summed E-state index contributed by atoms with van der Waals surface area (Å²) >= 11 is 3.53. The van der Waals surface area contributed by atoms with Gasteiger partial charge in [0.2, 0.25) is 0 Å². The minimum Gasteiger partial charge on any atom is -0.496 e. The van der Waals surface area contributed by atoms with E-state index in [1.165, 1.54) is 9.75 Å². The van der Waals surface area contributed by atoms with Crippen LogP contribution < -0.4 is 16.0 Å². The molecule has 18 heavy (non-hydrogen) atoms. The van der Waals surface area contributed by atoms with Gasteiger partial charge in [-0.1, -0.05) is 6.92 Å². The maximum atomic E-state index is 5.68. The number of methoxy groups -OCH3 is 1. The van der Waals surface area contributed by atoms with Crippen LogP contribution in [0.25, 0.3) is 0 Å². The van der Waals surface area contributed by atoms with Crippen LogP contribution in [0.15, 0.2) is 23.6 Å². The zero-order chi connectivity index (χ0) is 13.0. The van der Waals surface area contributed by atoms with Gasteiger partial charge in [-0.2, -0.15) is 0 Å². The molecule has 0 saturated carbocycles. The van der Waals surface area contributed by atoms with Crippen molar-refractivity contribution in [1.82, 2.24) is 5.43 Å². The standard InChI is InChI=1S/C13H18N2OS2/c1-3-9-4-5-10(18-9)8-11(15-14)13-12(16-2)6-7-17-13/h4-7,11,15H,3,8,14H2,1-2H3. The van der Waals surface area contributed by atoms with E-state index in [1.807, 2.05) is 22.8 Å². The molecule has 1 unspecified atom stereocenters. The fraction of sp³-hybridized carbons (Fsp3) is 0.385. The molecule has 2 rings (SSSR count). The van der Waals surface area contributed by atoms with Gasteiger partial charge in [-0.25, -0.2) is 0 Å². The molecule has 0 aliphatic heterocycles. The Morgan fingerprint density at radius 3 is 2.72 bits per heavy atom. The summed E-state index contributed by atoms with van der Waals surface area (Å²) < 4.78 is 5.35. The molecule has 0 amide bonds. The van der Waals surface area contributed by atoms with Crippen molar-refractivity contribution in [3.8, 4) is 5.75 Å². The van der Waals surface area contributed by atoms with Crippen molar-refractivity contribution in [2.45, 2.75) is 25.8 Å². The predicted octanol–water partition coefficient (Wildman–Crippen LogP) is 3.13. The molecule has 1 atom stereocenters. The molecule has 0 bridgehead atoms. The monoisotopic (exact) mass is 282 g/mol. The zero-order valence-electron chi connectivity index (χ0n) is 10.6. The van der Waals surface area contributed by atoms with Crippen molar-refractivity contribution < 1.29 is 4.74 Å². The highest BCUT2D eigenvalue weighted by Crippen LogP contribution is 2.33. The summed E-state index contributed by atoms with van der Waals surface area (Å²) in [6, 6.07) is 6.48. The Bertz CT molecular complexity index is 493. The van der Waals surface area contributed by atoms with Gasteiger partial charge in [0.1, 0.15) is 5.75 Å². The number of thiophene rings is 2. The minimum absolute atomic E-state index is 0.114.